The third-order valence-electron chi connectivity index (χ3n) is 2.36. The third-order valence-corrected chi connectivity index (χ3v) is 3.40. The first-order chi connectivity index (χ1) is 7.31. The lowest BCUT2D eigenvalue weighted by atomic mass is 10.2. The van der Waals surface area contributed by atoms with Gasteiger partial charge in [-0.3, -0.25) is 5.10 Å². The molecule has 0 aliphatic heterocycles. The smallest absolute Gasteiger partial charge is 0.195 e. The maximum atomic E-state index is 5.18. The first-order valence-corrected chi connectivity index (χ1v) is 6.31. The van der Waals surface area contributed by atoms with E-state index in [-0.39, 0.29) is 0 Å². The van der Waals surface area contributed by atoms with Crippen molar-refractivity contribution in [1.29, 1.82) is 0 Å². The Morgan fingerprint density at radius 3 is 3.13 bits per heavy atom. The summed E-state index contributed by atoms with van der Waals surface area (Å²) in [5.41, 5.74) is 1.37. The molecule has 0 aromatic carbocycles. The van der Waals surface area contributed by atoms with Crippen LogP contribution in [0, 0.1) is 4.77 Å². The van der Waals surface area contributed by atoms with Gasteiger partial charge in [-0.1, -0.05) is 6.92 Å². The van der Waals surface area contributed by atoms with Crippen LogP contribution in [0.5, 0.6) is 0 Å². The van der Waals surface area contributed by atoms with Gasteiger partial charge in [-0.2, -0.15) is 16.4 Å². The van der Waals surface area contributed by atoms with Crippen LogP contribution in [0.3, 0.4) is 0 Å². The predicted molar refractivity (Wildman–Crippen MR) is 64.8 cm³/mol. The van der Waals surface area contributed by atoms with Crippen molar-refractivity contribution in [3.05, 3.63) is 33.0 Å². The molecule has 2 rings (SSSR count). The highest BCUT2D eigenvalue weighted by Crippen LogP contribution is 2.09. The SMILES string of the molecule is CCc1n[nH]c(=S)n1CCc1ccsc1. The van der Waals surface area contributed by atoms with Crippen molar-refractivity contribution in [3.63, 3.8) is 0 Å². The van der Waals surface area contributed by atoms with E-state index in [9.17, 15) is 0 Å². The molecule has 2 heterocycles. The van der Waals surface area contributed by atoms with Gasteiger partial charge in [0.25, 0.3) is 0 Å². The molecule has 0 saturated carbocycles. The van der Waals surface area contributed by atoms with Crippen LogP contribution >= 0.6 is 23.6 Å². The van der Waals surface area contributed by atoms with Crippen LogP contribution in [-0.4, -0.2) is 14.8 Å². The summed E-state index contributed by atoms with van der Waals surface area (Å²) < 4.78 is 2.80. The molecule has 2 aromatic rings. The van der Waals surface area contributed by atoms with Gasteiger partial charge in [-0.25, -0.2) is 0 Å². The number of nitrogens with one attached hydrogen (secondary N) is 1. The van der Waals surface area contributed by atoms with E-state index in [4.69, 9.17) is 12.2 Å². The molecule has 1 N–H and O–H groups in total. The largest absolute Gasteiger partial charge is 0.304 e. The van der Waals surface area contributed by atoms with Crippen LogP contribution in [0.15, 0.2) is 16.8 Å². The van der Waals surface area contributed by atoms with Crippen molar-refractivity contribution in [2.75, 3.05) is 0 Å². The minimum Gasteiger partial charge on any atom is -0.304 e. The van der Waals surface area contributed by atoms with Crippen LogP contribution in [0.4, 0.5) is 0 Å². The van der Waals surface area contributed by atoms with E-state index in [0.717, 1.165) is 30.0 Å². The number of hydrogen-bond donors (Lipinski definition) is 1. The van der Waals surface area contributed by atoms with Crippen molar-refractivity contribution in [2.45, 2.75) is 26.3 Å². The van der Waals surface area contributed by atoms with Crippen LogP contribution in [0.1, 0.15) is 18.3 Å². The maximum absolute atomic E-state index is 5.18. The highest BCUT2D eigenvalue weighted by molar-refractivity contribution is 7.71. The van der Waals surface area contributed by atoms with Crippen LogP contribution in [-0.2, 0) is 19.4 Å². The molecule has 15 heavy (non-hydrogen) atoms. The van der Waals surface area contributed by atoms with Gasteiger partial charge in [-0.15, -0.1) is 0 Å². The number of aromatic amines is 1. The standard InChI is InChI=1S/C10H13N3S2/c1-2-9-11-12-10(14)13(9)5-3-8-4-6-15-7-8/h4,6-7H,2-3,5H2,1H3,(H,12,14). The quantitative estimate of drug-likeness (QED) is 0.832. The number of H-pyrrole nitrogens is 1. The van der Waals surface area contributed by atoms with Gasteiger partial charge in [0.15, 0.2) is 4.77 Å². The van der Waals surface area contributed by atoms with E-state index in [1.807, 2.05) is 0 Å². The van der Waals surface area contributed by atoms with Gasteiger partial charge in [0.05, 0.1) is 0 Å². The normalized spacial score (nSPS) is 10.7. The lowest BCUT2D eigenvalue weighted by Gasteiger charge is -2.03. The zero-order chi connectivity index (χ0) is 10.7. The second kappa shape index (κ2) is 4.72. The molecule has 0 saturated heterocycles. The third kappa shape index (κ3) is 2.35. The second-order valence-corrected chi connectivity index (χ2v) is 4.50. The molecular weight excluding hydrogens is 226 g/mol. The summed E-state index contributed by atoms with van der Waals surface area (Å²) in [5.74, 6) is 1.04. The second-order valence-electron chi connectivity index (χ2n) is 3.33. The van der Waals surface area contributed by atoms with Gasteiger partial charge < -0.3 is 4.57 Å². The average molecular weight is 239 g/mol. The van der Waals surface area contributed by atoms with E-state index in [0.29, 0.717) is 0 Å². The summed E-state index contributed by atoms with van der Waals surface area (Å²) in [4.78, 5) is 0. The summed E-state index contributed by atoms with van der Waals surface area (Å²) >= 11 is 6.91. The van der Waals surface area contributed by atoms with Crippen molar-refractivity contribution in [3.8, 4) is 0 Å². The number of rotatable bonds is 4. The fourth-order valence-electron chi connectivity index (χ4n) is 1.53. The Labute approximate surface area is 97.8 Å². The van der Waals surface area contributed by atoms with Crippen LogP contribution in [0.2, 0.25) is 0 Å². The Bertz CT molecular complexity index is 467. The summed E-state index contributed by atoms with van der Waals surface area (Å²) in [7, 11) is 0. The summed E-state index contributed by atoms with van der Waals surface area (Å²) in [6.45, 7) is 3.00. The van der Waals surface area contributed by atoms with Crippen molar-refractivity contribution in [2.24, 2.45) is 0 Å². The van der Waals surface area contributed by atoms with E-state index in [1.165, 1.54) is 5.56 Å². The van der Waals surface area contributed by atoms with Gasteiger partial charge in [-0.05, 0) is 41.0 Å². The molecule has 0 aliphatic carbocycles. The zero-order valence-corrected chi connectivity index (χ0v) is 10.2. The van der Waals surface area contributed by atoms with Crippen molar-refractivity contribution in [1.82, 2.24) is 14.8 Å². The highest BCUT2D eigenvalue weighted by atomic mass is 32.1. The lowest BCUT2D eigenvalue weighted by molar-refractivity contribution is 0.650. The summed E-state index contributed by atoms with van der Waals surface area (Å²) in [6.07, 6.45) is 1.93. The molecule has 0 spiro atoms. The first kappa shape index (κ1) is 10.6. The van der Waals surface area contributed by atoms with Crippen molar-refractivity contribution < 1.29 is 0 Å². The Balaban J connectivity index is 2.10. The fraction of sp³-hybridized carbons (Fsp3) is 0.400. The minimum atomic E-state index is 0.724. The van der Waals surface area contributed by atoms with E-state index < -0.39 is 0 Å². The van der Waals surface area contributed by atoms with Crippen molar-refractivity contribution >= 4 is 23.6 Å². The van der Waals surface area contributed by atoms with E-state index in [2.05, 4.69) is 38.5 Å². The van der Waals surface area contributed by atoms with E-state index in [1.54, 1.807) is 11.3 Å². The van der Waals surface area contributed by atoms with Crippen LogP contribution < -0.4 is 0 Å². The zero-order valence-electron chi connectivity index (χ0n) is 8.56. The van der Waals surface area contributed by atoms with Gasteiger partial charge in [0.1, 0.15) is 5.82 Å². The molecule has 0 radical (unpaired) electrons. The molecule has 0 unspecified atom stereocenters. The number of thiophene rings is 1. The molecular formula is C10H13N3S2. The number of aryl methyl sites for hydroxylation is 2. The molecule has 0 atom stereocenters. The first-order valence-electron chi connectivity index (χ1n) is 4.96. The molecule has 0 fully saturated rings. The highest BCUT2D eigenvalue weighted by Gasteiger charge is 2.03. The van der Waals surface area contributed by atoms with Crippen LogP contribution in [0.25, 0.3) is 0 Å². The molecule has 0 bridgehead atoms. The summed E-state index contributed by atoms with van der Waals surface area (Å²) in [6, 6.07) is 2.15. The molecule has 2 aromatic heterocycles. The topological polar surface area (TPSA) is 33.6 Å². The molecule has 80 valence electrons. The number of aromatic nitrogens is 3. The van der Waals surface area contributed by atoms with Gasteiger partial charge >= 0.3 is 0 Å². The lowest BCUT2D eigenvalue weighted by Crippen LogP contribution is -2.05. The Morgan fingerprint density at radius 1 is 1.60 bits per heavy atom. The average Bonchev–Trinajstić information content (AvgIpc) is 2.84. The number of nitrogens with zero attached hydrogens (tertiary/aromatic N) is 2. The molecule has 0 amide bonds. The Morgan fingerprint density at radius 2 is 2.47 bits per heavy atom. The predicted octanol–water partition coefficient (Wildman–Crippen LogP) is 2.81. The summed E-state index contributed by atoms with van der Waals surface area (Å²) in [5, 5.41) is 11.3. The molecule has 5 heteroatoms. The molecule has 0 aliphatic rings. The Kier molecular flexibility index (Phi) is 3.33. The van der Waals surface area contributed by atoms with E-state index >= 15 is 0 Å². The fourth-order valence-corrected chi connectivity index (χ4v) is 2.47. The molecule has 3 nitrogen and oxygen atoms in total. The number of hydrogen-bond acceptors (Lipinski definition) is 3. The monoisotopic (exact) mass is 239 g/mol. The Hall–Kier alpha value is -0.940. The maximum Gasteiger partial charge on any atom is 0.195 e. The van der Waals surface area contributed by atoms with Gasteiger partial charge in [0, 0.05) is 13.0 Å². The minimum absolute atomic E-state index is 0.724. The van der Waals surface area contributed by atoms with Gasteiger partial charge in [0.2, 0.25) is 0 Å².